The maximum Gasteiger partial charge on any atom is 0.296 e. The largest absolute Gasteiger partial charge is 0.501 e. The lowest BCUT2D eigenvalue weighted by Gasteiger charge is -2.17. The number of amides is 1. The molecule has 0 radical (unpaired) electrons. The molecule has 0 spiro atoms. The second kappa shape index (κ2) is 6.55. The number of halogens is 1. The van der Waals surface area contributed by atoms with Crippen LogP contribution in [-0.2, 0) is 13.1 Å². The van der Waals surface area contributed by atoms with Gasteiger partial charge in [0.15, 0.2) is 5.69 Å². The van der Waals surface area contributed by atoms with E-state index in [2.05, 4.69) is 10.3 Å². The molecular weight excluding hydrogens is 337 g/mol. The van der Waals surface area contributed by atoms with Crippen molar-refractivity contribution in [1.82, 2.24) is 14.9 Å². The van der Waals surface area contributed by atoms with Gasteiger partial charge in [-0.2, -0.15) is 0 Å². The fourth-order valence-corrected chi connectivity index (χ4v) is 4.00. The summed E-state index contributed by atoms with van der Waals surface area (Å²) in [5.74, 6) is -0.208. The highest BCUT2D eigenvalue weighted by atomic mass is 19.1. The number of aromatic nitrogens is 2. The first kappa shape index (κ1) is 16.8. The Hall–Kier alpha value is -2.70. The summed E-state index contributed by atoms with van der Waals surface area (Å²) in [4.78, 5) is 29.4. The van der Waals surface area contributed by atoms with Crippen LogP contribution in [-0.4, -0.2) is 20.6 Å². The Labute approximate surface area is 149 Å². The Morgan fingerprint density at radius 1 is 1.27 bits per heavy atom. The van der Waals surface area contributed by atoms with E-state index in [1.165, 1.54) is 16.7 Å². The van der Waals surface area contributed by atoms with Gasteiger partial charge >= 0.3 is 0 Å². The van der Waals surface area contributed by atoms with Gasteiger partial charge in [0.2, 0.25) is 5.75 Å². The molecule has 2 unspecified atom stereocenters. The van der Waals surface area contributed by atoms with Crippen LogP contribution in [0.2, 0.25) is 0 Å². The highest BCUT2D eigenvalue weighted by Gasteiger charge is 2.34. The van der Waals surface area contributed by atoms with E-state index in [4.69, 9.17) is 0 Å². The molecule has 2 aliphatic rings. The zero-order chi connectivity index (χ0) is 18.3. The third-order valence-corrected chi connectivity index (χ3v) is 5.42. The maximum absolute atomic E-state index is 12.9. The van der Waals surface area contributed by atoms with Crippen molar-refractivity contribution in [3.05, 3.63) is 57.5 Å². The summed E-state index contributed by atoms with van der Waals surface area (Å²) in [6, 6.07) is 5.74. The number of nitrogens with one attached hydrogen (secondary N) is 1. The summed E-state index contributed by atoms with van der Waals surface area (Å²) < 4.78 is 14.5. The molecule has 1 saturated carbocycles. The van der Waals surface area contributed by atoms with Gasteiger partial charge in [-0.15, -0.1) is 0 Å². The summed E-state index contributed by atoms with van der Waals surface area (Å²) in [5, 5.41) is 12.8. The van der Waals surface area contributed by atoms with Crippen LogP contribution in [0.25, 0.3) is 0 Å². The highest BCUT2D eigenvalue weighted by molar-refractivity contribution is 5.94. The molecular formula is C19H20FN3O3. The number of carbonyl (C=O) groups excluding carboxylic acids is 1. The van der Waals surface area contributed by atoms with Crippen LogP contribution in [0, 0.1) is 11.7 Å². The molecule has 26 heavy (non-hydrogen) atoms. The normalized spacial score (nSPS) is 21.1. The molecule has 2 aromatic rings. The Bertz CT molecular complexity index is 907. The number of benzene rings is 1. The molecule has 0 saturated heterocycles. The minimum Gasteiger partial charge on any atom is -0.501 e. The summed E-state index contributed by atoms with van der Waals surface area (Å²) in [6.07, 6.45) is 3.96. The average Bonchev–Trinajstić information content (AvgIpc) is 3.02. The Balaban J connectivity index is 1.61. The summed E-state index contributed by atoms with van der Waals surface area (Å²) in [5.41, 5.74) is -0.0625. The van der Waals surface area contributed by atoms with E-state index in [0.717, 1.165) is 25.7 Å². The fraction of sp³-hybridized carbons (Fsp3) is 0.421. The number of rotatable bonds is 3. The van der Waals surface area contributed by atoms with Gasteiger partial charge in [-0.3, -0.25) is 14.2 Å². The highest BCUT2D eigenvalue weighted by Crippen LogP contribution is 2.41. The van der Waals surface area contributed by atoms with Crippen molar-refractivity contribution in [3.63, 3.8) is 0 Å². The minimum absolute atomic E-state index is 0.157. The van der Waals surface area contributed by atoms with Crippen LogP contribution < -0.4 is 10.9 Å². The van der Waals surface area contributed by atoms with Gasteiger partial charge in [-0.05, 0) is 49.3 Å². The number of nitrogens with zero attached hydrogens (tertiary/aromatic N) is 2. The predicted octanol–water partition coefficient (Wildman–Crippen LogP) is 2.31. The number of hydrogen-bond donors (Lipinski definition) is 2. The van der Waals surface area contributed by atoms with Crippen molar-refractivity contribution in [2.75, 3.05) is 0 Å². The topological polar surface area (TPSA) is 84.2 Å². The molecule has 1 aliphatic carbocycles. The molecule has 2 N–H and O–H groups in total. The molecule has 7 heteroatoms. The van der Waals surface area contributed by atoms with Crippen molar-refractivity contribution >= 4 is 5.91 Å². The molecule has 2 heterocycles. The van der Waals surface area contributed by atoms with Crippen LogP contribution in [0.3, 0.4) is 0 Å². The third kappa shape index (κ3) is 2.98. The van der Waals surface area contributed by atoms with Crippen molar-refractivity contribution in [1.29, 1.82) is 0 Å². The number of hydrogen-bond acceptors (Lipinski definition) is 4. The van der Waals surface area contributed by atoms with E-state index in [0.29, 0.717) is 23.9 Å². The van der Waals surface area contributed by atoms with Crippen molar-refractivity contribution in [2.45, 2.75) is 44.7 Å². The van der Waals surface area contributed by atoms with Gasteiger partial charge in [0, 0.05) is 19.0 Å². The van der Waals surface area contributed by atoms with Crippen molar-refractivity contribution < 1.29 is 14.3 Å². The molecule has 6 nitrogen and oxygen atoms in total. The molecule has 1 fully saturated rings. The smallest absolute Gasteiger partial charge is 0.296 e. The lowest BCUT2D eigenvalue weighted by Crippen LogP contribution is -2.32. The van der Waals surface area contributed by atoms with Crippen molar-refractivity contribution in [3.8, 4) is 5.75 Å². The molecule has 1 aliphatic heterocycles. The predicted molar refractivity (Wildman–Crippen MR) is 92.4 cm³/mol. The summed E-state index contributed by atoms with van der Waals surface area (Å²) >= 11 is 0. The van der Waals surface area contributed by atoms with E-state index in [1.54, 1.807) is 12.1 Å². The molecule has 2 atom stereocenters. The van der Waals surface area contributed by atoms with Crippen molar-refractivity contribution in [2.24, 2.45) is 5.92 Å². The number of fused-ring (bicyclic) bond motifs is 4. The van der Waals surface area contributed by atoms with Crippen LogP contribution in [0.15, 0.2) is 29.1 Å². The van der Waals surface area contributed by atoms with Gasteiger partial charge in [0.25, 0.3) is 11.5 Å². The Morgan fingerprint density at radius 2 is 2.04 bits per heavy atom. The van der Waals surface area contributed by atoms with E-state index < -0.39 is 17.2 Å². The van der Waals surface area contributed by atoms with E-state index >= 15 is 0 Å². The average molecular weight is 357 g/mol. The van der Waals surface area contributed by atoms with Gasteiger partial charge in [0.05, 0.1) is 0 Å². The van der Waals surface area contributed by atoms with Gasteiger partial charge < -0.3 is 10.4 Å². The van der Waals surface area contributed by atoms with Gasteiger partial charge in [0.1, 0.15) is 11.6 Å². The molecule has 4 rings (SSSR count). The lowest BCUT2D eigenvalue weighted by molar-refractivity contribution is 0.0941. The zero-order valence-corrected chi connectivity index (χ0v) is 14.2. The summed E-state index contributed by atoms with van der Waals surface area (Å²) in [6.45, 7) is 0.692. The van der Waals surface area contributed by atoms with Gasteiger partial charge in [-0.25, -0.2) is 9.37 Å². The molecule has 136 valence electrons. The molecule has 1 amide bonds. The number of aromatic hydroxyl groups is 1. The van der Waals surface area contributed by atoms with Gasteiger partial charge in [-0.1, -0.05) is 12.1 Å². The maximum atomic E-state index is 12.9. The van der Waals surface area contributed by atoms with Crippen LogP contribution in [0.1, 0.15) is 53.5 Å². The first-order chi connectivity index (χ1) is 12.5. The standard InChI is InChI=1S/C19H20FN3O3/c20-14-5-2-12(3-6-14)10-21-18(25)15-16(24)19(26)23-8-7-11-1-4-13(9-11)17(23)22-15/h2-3,5-6,11,13,24H,1,4,7-10H2,(H,21,25). The summed E-state index contributed by atoms with van der Waals surface area (Å²) in [7, 11) is 0. The molecule has 2 bridgehead atoms. The van der Waals surface area contributed by atoms with E-state index in [1.807, 2.05) is 0 Å². The SMILES string of the molecule is O=C(NCc1ccc(F)cc1)c1nc2n(c(=O)c1O)CCC1CCC2C1. The molecule has 1 aromatic heterocycles. The second-order valence-corrected chi connectivity index (χ2v) is 7.10. The van der Waals surface area contributed by atoms with Crippen LogP contribution >= 0.6 is 0 Å². The zero-order valence-electron chi connectivity index (χ0n) is 14.2. The lowest BCUT2D eigenvalue weighted by atomic mass is 10.0. The number of carbonyl (C=O) groups is 1. The Kier molecular flexibility index (Phi) is 4.22. The second-order valence-electron chi connectivity index (χ2n) is 7.10. The van der Waals surface area contributed by atoms with E-state index in [-0.39, 0.29) is 24.0 Å². The monoisotopic (exact) mass is 357 g/mol. The minimum atomic E-state index is -0.608. The van der Waals surface area contributed by atoms with E-state index in [9.17, 15) is 19.1 Å². The Morgan fingerprint density at radius 3 is 2.81 bits per heavy atom. The third-order valence-electron chi connectivity index (χ3n) is 5.42. The van der Waals surface area contributed by atoms with Crippen LogP contribution in [0.4, 0.5) is 4.39 Å². The first-order valence-electron chi connectivity index (χ1n) is 8.89. The van der Waals surface area contributed by atoms with Crippen LogP contribution in [0.5, 0.6) is 5.75 Å². The first-order valence-corrected chi connectivity index (χ1v) is 8.89. The fourth-order valence-electron chi connectivity index (χ4n) is 4.00. The quantitative estimate of drug-likeness (QED) is 0.883. The molecule has 1 aromatic carbocycles.